The van der Waals surface area contributed by atoms with Gasteiger partial charge in [0.1, 0.15) is 0 Å². The largest absolute Gasteiger partial charge is 0.342 e. The molecular weight excluding hydrogens is 394 g/mol. The van der Waals surface area contributed by atoms with E-state index in [0.29, 0.717) is 12.0 Å². The first-order chi connectivity index (χ1) is 15.7. The molecule has 0 heterocycles. The highest BCUT2D eigenvalue weighted by atomic mass is 16.2. The zero-order valence-electron chi connectivity index (χ0n) is 18.8. The SMILES string of the molecule is O=C(N[C@H](C(=O)CCCCc1ccccc1)C1CCCCC1)c1cccc2ccccc12. The molecule has 0 unspecified atom stereocenters. The monoisotopic (exact) mass is 427 g/mol. The summed E-state index contributed by atoms with van der Waals surface area (Å²) < 4.78 is 0. The van der Waals surface area contributed by atoms with Gasteiger partial charge in [0.2, 0.25) is 0 Å². The van der Waals surface area contributed by atoms with Crippen molar-refractivity contribution < 1.29 is 9.59 Å². The molecule has 166 valence electrons. The third kappa shape index (κ3) is 5.64. The number of carbonyl (C=O) groups is 2. The van der Waals surface area contributed by atoms with Gasteiger partial charge < -0.3 is 5.32 Å². The number of rotatable bonds is 9. The number of hydrogen-bond acceptors (Lipinski definition) is 2. The lowest BCUT2D eigenvalue weighted by Gasteiger charge is -2.30. The summed E-state index contributed by atoms with van der Waals surface area (Å²) >= 11 is 0. The van der Waals surface area contributed by atoms with Crippen molar-refractivity contribution in [3.8, 4) is 0 Å². The molecule has 3 aromatic rings. The maximum Gasteiger partial charge on any atom is 0.252 e. The number of hydrogen-bond donors (Lipinski definition) is 1. The molecule has 0 aliphatic heterocycles. The standard InChI is InChI=1S/C29H33NO2/c31-27(21-10-7-14-22-12-3-1-4-13-22)28(24-16-5-2-6-17-24)30-29(32)26-20-11-18-23-15-8-9-19-25(23)26/h1,3-4,8-9,11-13,15,18-20,24,28H,2,5-7,10,14,16-17,21H2,(H,30,32)/t28-/m0/s1. The predicted molar refractivity (Wildman–Crippen MR) is 131 cm³/mol. The fraction of sp³-hybridized carbons (Fsp3) is 0.379. The van der Waals surface area contributed by atoms with Gasteiger partial charge >= 0.3 is 0 Å². The molecule has 1 fully saturated rings. The molecule has 0 bridgehead atoms. The van der Waals surface area contributed by atoms with Gasteiger partial charge in [0.25, 0.3) is 5.91 Å². The highest BCUT2D eigenvalue weighted by molar-refractivity contribution is 6.08. The van der Waals surface area contributed by atoms with Gasteiger partial charge in [0.15, 0.2) is 5.78 Å². The van der Waals surface area contributed by atoms with Crippen molar-refractivity contribution in [2.75, 3.05) is 0 Å². The number of aryl methyl sites for hydroxylation is 1. The van der Waals surface area contributed by atoms with Crippen LogP contribution in [-0.2, 0) is 11.2 Å². The van der Waals surface area contributed by atoms with E-state index in [0.717, 1.165) is 55.7 Å². The molecular formula is C29H33NO2. The summed E-state index contributed by atoms with van der Waals surface area (Å²) in [5, 5.41) is 5.14. The van der Waals surface area contributed by atoms with E-state index < -0.39 is 0 Å². The Labute approximate surface area is 191 Å². The molecule has 1 N–H and O–H groups in total. The van der Waals surface area contributed by atoms with Crippen molar-refractivity contribution in [2.45, 2.75) is 63.8 Å². The summed E-state index contributed by atoms with van der Waals surface area (Å²) in [6.45, 7) is 0. The van der Waals surface area contributed by atoms with Crippen LogP contribution in [0.5, 0.6) is 0 Å². The molecule has 3 nitrogen and oxygen atoms in total. The number of unbranched alkanes of at least 4 members (excludes halogenated alkanes) is 1. The van der Waals surface area contributed by atoms with Crippen molar-refractivity contribution in [2.24, 2.45) is 5.92 Å². The van der Waals surface area contributed by atoms with E-state index in [1.165, 1.54) is 12.0 Å². The minimum atomic E-state index is -0.376. The van der Waals surface area contributed by atoms with Gasteiger partial charge in [-0.15, -0.1) is 0 Å². The van der Waals surface area contributed by atoms with Crippen molar-refractivity contribution in [3.63, 3.8) is 0 Å². The molecule has 4 rings (SSSR count). The number of carbonyl (C=O) groups excluding carboxylic acids is 2. The Bertz CT molecular complexity index is 1030. The molecule has 32 heavy (non-hydrogen) atoms. The van der Waals surface area contributed by atoms with Crippen LogP contribution in [0.2, 0.25) is 0 Å². The van der Waals surface area contributed by atoms with Crippen molar-refractivity contribution in [3.05, 3.63) is 83.9 Å². The van der Waals surface area contributed by atoms with Gasteiger partial charge in [0.05, 0.1) is 6.04 Å². The molecule has 1 atom stereocenters. The van der Waals surface area contributed by atoms with E-state index in [1.807, 2.05) is 48.5 Å². The Kier molecular flexibility index (Phi) is 7.71. The summed E-state index contributed by atoms with van der Waals surface area (Å²) in [6.07, 6.45) is 8.94. The Balaban J connectivity index is 1.42. The normalized spacial score (nSPS) is 15.4. The van der Waals surface area contributed by atoms with Gasteiger partial charge in [-0.2, -0.15) is 0 Å². The van der Waals surface area contributed by atoms with E-state index >= 15 is 0 Å². The van der Waals surface area contributed by atoms with E-state index in [1.54, 1.807) is 0 Å². The molecule has 3 heteroatoms. The first kappa shape index (κ1) is 22.3. The van der Waals surface area contributed by atoms with E-state index in [9.17, 15) is 9.59 Å². The predicted octanol–water partition coefficient (Wildman–Crippen LogP) is 6.50. The average molecular weight is 428 g/mol. The summed E-state index contributed by atoms with van der Waals surface area (Å²) in [6, 6.07) is 23.8. The van der Waals surface area contributed by atoms with Crippen LogP contribution in [0.25, 0.3) is 10.8 Å². The molecule has 1 amide bonds. The minimum Gasteiger partial charge on any atom is -0.342 e. The second kappa shape index (κ2) is 11.1. The van der Waals surface area contributed by atoms with Crippen LogP contribution in [0.15, 0.2) is 72.8 Å². The third-order valence-corrected chi connectivity index (χ3v) is 6.77. The van der Waals surface area contributed by atoms with E-state index in [4.69, 9.17) is 0 Å². The van der Waals surface area contributed by atoms with Crippen LogP contribution in [0.4, 0.5) is 0 Å². The number of fused-ring (bicyclic) bond motifs is 1. The Morgan fingerprint density at radius 3 is 2.34 bits per heavy atom. The van der Waals surface area contributed by atoms with Gasteiger partial charge in [-0.3, -0.25) is 9.59 Å². The lowest BCUT2D eigenvalue weighted by Crippen LogP contribution is -2.46. The van der Waals surface area contributed by atoms with Crippen LogP contribution in [-0.4, -0.2) is 17.7 Å². The molecule has 0 aromatic heterocycles. The van der Waals surface area contributed by atoms with E-state index in [2.05, 4.69) is 29.6 Å². The molecule has 1 aliphatic rings. The number of ketones is 1. The number of nitrogens with one attached hydrogen (secondary N) is 1. The number of Topliss-reactive ketones (excluding diaryl/α,β-unsaturated/α-hetero) is 1. The maximum atomic E-state index is 13.3. The summed E-state index contributed by atoms with van der Waals surface area (Å²) in [5.74, 6) is 0.317. The molecule has 3 aromatic carbocycles. The van der Waals surface area contributed by atoms with Crippen LogP contribution in [0, 0.1) is 5.92 Å². The van der Waals surface area contributed by atoms with Crippen molar-refractivity contribution in [1.82, 2.24) is 5.32 Å². The van der Waals surface area contributed by atoms with Crippen LogP contribution in [0.1, 0.15) is 67.3 Å². The highest BCUT2D eigenvalue weighted by Gasteiger charge is 2.30. The van der Waals surface area contributed by atoms with E-state index in [-0.39, 0.29) is 23.7 Å². The van der Waals surface area contributed by atoms with Crippen molar-refractivity contribution in [1.29, 1.82) is 0 Å². The third-order valence-electron chi connectivity index (χ3n) is 6.77. The van der Waals surface area contributed by atoms with Crippen LogP contribution < -0.4 is 5.32 Å². The lowest BCUT2D eigenvalue weighted by molar-refractivity contribution is -0.122. The van der Waals surface area contributed by atoms with Gasteiger partial charge in [-0.1, -0.05) is 86.0 Å². The van der Waals surface area contributed by atoms with Crippen molar-refractivity contribution >= 4 is 22.5 Å². The molecule has 0 spiro atoms. The Morgan fingerprint density at radius 1 is 0.812 bits per heavy atom. The molecule has 0 radical (unpaired) electrons. The summed E-state index contributed by atoms with van der Waals surface area (Å²) in [4.78, 5) is 26.5. The zero-order chi connectivity index (χ0) is 22.2. The first-order valence-corrected chi connectivity index (χ1v) is 12.1. The zero-order valence-corrected chi connectivity index (χ0v) is 18.8. The quantitative estimate of drug-likeness (QED) is 0.396. The van der Waals surface area contributed by atoms with Gasteiger partial charge in [-0.05, 0) is 60.4 Å². The fourth-order valence-corrected chi connectivity index (χ4v) is 5.00. The average Bonchev–Trinajstić information content (AvgIpc) is 2.85. The summed E-state index contributed by atoms with van der Waals surface area (Å²) in [7, 11) is 0. The maximum absolute atomic E-state index is 13.3. The lowest BCUT2D eigenvalue weighted by atomic mass is 9.81. The second-order valence-corrected chi connectivity index (χ2v) is 9.03. The van der Waals surface area contributed by atoms with Gasteiger partial charge in [-0.25, -0.2) is 0 Å². The molecule has 0 saturated heterocycles. The summed E-state index contributed by atoms with van der Waals surface area (Å²) in [5.41, 5.74) is 1.97. The van der Waals surface area contributed by atoms with Crippen LogP contribution in [0.3, 0.4) is 0 Å². The van der Waals surface area contributed by atoms with Gasteiger partial charge in [0, 0.05) is 12.0 Å². The first-order valence-electron chi connectivity index (χ1n) is 12.1. The topological polar surface area (TPSA) is 46.2 Å². The Morgan fingerprint density at radius 2 is 1.53 bits per heavy atom. The number of benzene rings is 3. The number of amides is 1. The second-order valence-electron chi connectivity index (χ2n) is 9.03. The Hall–Kier alpha value is -2.94. The molecule has 1 saturated carbocycles. The molecule has 1 aliphatic carbocycles. The minimum absolute atomic E-state index is 0.130. The highest BCUT2D eigenvalue weighted by Crippen LogP contribution is 2.28. The van der Waals surface area contributed by atoms with Crippen LogP contribution >= 0.6 is 0 Å². The fourth-order valence-electron chi connectivity index (χ4n) is 5.00. The smallest absolute Gasteiger partial charge is 0.252 e.